The van der Waals surface area contributed by atoms with Gasteiger partial charge in [0.05, 0.1) is 19.2 Å². The number of amides is 1. The molecule has 0 unspecified atom stereocenters. The summed E-state index contributed by atoms with van der Waals surface area (Å²) in [6.07, 6.45) is 4.72. The molecule has 2 aliphatic rings. The summed E-state index contributed by atoms with van der Waals surface area (Å²) in [5, 5.41) is 12.4. The first kappa shape index (κ1) is 19.2. The minimum atomic E-state index is -0.611. The molecule has 1 amide bonds. The van der Waals surface area contributed by atoms with E-state index in [1.807, 2.05) is 6.92 Å². The molecule has 1 atom stereocenters. The third kappa shape index (κ3) is 5.17. The van der Waals surface area contributed by atoms with Crippen LogP contribution in [0.2, 0.25) is 0 Å². The van der Waals surface area contributed by atoms with Gasteiger partial charge in [-0.05, 0) is 39.0 Å². The van der Waals surface area contributed by atoms with Gasteiger partial charge in [-0.1, -0.05) is 6.92 Å². The summed E-state index contributed by atoms with van der Waals surface area (Å²) in [4.78, 5) is 17.1. The maximum Gasteiger partial charge on any atom is 0.235 e. The quantitative estimate of drug-likeness (QED) is 0.678. The highest BCUT2D eigenvalue weighted by molar-refractivity contribution is 5.79. The van der Waals surface area contributed by atoms with Crippen LogP contribution in [0.3, 0.4) is 0 Å². The molecule has 6 nitrogen and oxygen atoms in total. The maximum absolute atomic E-state index is 12.4. The van der Waals surface area contributed by atoms with Crippen LogP contribution in [-0.2, 0) is 9.53 Å². The lowest BCUT2D eigenvalue weighted by molar-refractivity contribution is -0.124. The number of carbonyl (C=O) groups is 1. The van der Waals surface area contributed by atoms with Crippen molar-refractivity contribution in [3.63, 3.8) is 0 Å². The lowest BCUT2D eigenvalue weighted by atomic mass is 10.00. The molecular formula is C18H32N4O2. The van der Waals surface area contributed by atoms with E-state index in [4.69, 9.17) is 4.74 Å². The highest BCUT2D eigenvalue weighted by Gasteiger charge is 2.36. The van der Waals surface area contributed by atoms with E-state index >= 15 is 0 Å². The van der Waals surface area contributed by atoms with Crippen LogP contribution in [0.5, 0.6) is 0 Å². The van der Waals surface area contributed by atoms with Crippen molar-refractivity contribution >= 4 is 5.91 Å². The standard InChI is InChI=1S/C18H32N4O2/c1-3-16-13-21(9-10-22(16)11-12-24-4-2)14-17(23)20-18(15-19)7-5-6-8-18/h16H,3-14H2,1-2H3,(H,20,23)/t16-/m0/s1. The molecule has 6 heteroatoms. The van der Waals surface area contributed by atoms with Crippen LogP contribution in [0.15, 0.2) is 0 Å². The largest absolute Gasteiger partial charge is 0.380 e. The second-order valence-corrected chi connectivity index (χ2v) is 6.98. The summed E-state index contributed by atoms with van der Waals surface area (Å²) in [5.41, 5.74) is -0.611. The fourth-order valence-electron chi connectivity index (χ4n) is 3.86. The zero-order chi connectivity index (χ0) is 17.4. The van der Waals surface area contributed by atoms with Crippen LogP contribution in [0.1, 0.15) is 46.0 Å². The normalized spacial score (nSPS) is 24.6. The lowest BCUT2D eigenvalue weighted by Gasteiger charge is -2.41. The third-order valence-corrected chi connectivity index (χ3v) is 5.30. The second kappa shape index (κ2) is 9.36. The van der Waals surface area contributed by atoms with Gasteiger partial charge in [0, 0.05) is 38.8 Å². The molecule has 0 aromatic heterocycles. The average Bonchev–Trinajstić information content (AvgIpc) is 3.05. The van der Waals surface area contributed by atoms with E-state index in [1.165, 1.54) is 0 Å². The first-order chi connectivity index (χ1) is 11.6. The van der Waals surface area contributed by atoms with Gasteiger partial charge in [0.2, 0.25) is 5.91 Å². The predicted octanol–water partition coefficient (Wildman–Crippen LogP) is 1.37. The van der Waals surface area contributed by atoms with Crippen molar-refractivity contribution in [3.05, 3.63) is 0 Å². The molecule has 2 rings (SSSR count). The van der Waals surface area contributed by atoms with E-state index in [2.05, 4.69) is 28.1 Å². The number of hydrogen-bond donors (Lipinski definition) is 1. The van der Waals surface area contributed by atoms with Gasteiger partial charge in [0.1, 0.15) is 5.54 Å². The van der Waals surface area contributed by atoms with Gasteiger partial charge >= 0.3 is 0 Å². The van der Waals surface area contributed by atoms with Gasteiger partial charge in [0.15, 0.2) is 0 Å². The number of piperazine rings is 1. The Bertz CT molecular complexity index is 443. The maximum atomic E-state index is 12.4. The molecule has 0 spiro atoms. The minimum absolute atomic E-state index is 0.00364. The molecule has 1 saturated carbocycles. The van der Waals surface area contributed by atoms with Crippen LogP contribution in [0, 0.1) is 11.3 Å². The summed E-state index contributed by atoms with van der Waals surface area (Å²) in [5.74, 6) is -0.00364. The average molecular weight is 336 g/mol. The number of nitriles is 1. The lowest BCUT2D eigenvalue weighted by Crippen LogP contribution is -2.56. The third-order valence-electron chi connectivity index (χ3n) is 5.30. The Kier molecular flexibility index (Phi) is 7.47. The molecule has 1 N–H and O–H groups in total. The Hall–Kier alpha value is -1.16. The minimum Gasteiger partial charge on any atom is -0.380 e. The molecule has 0 bridgehead atoms. The fourth-order valence-corrected chi connectivity index (χ4v) is 3.86. The van der Waals surface area contributed by atoms with Crippen molar-refractivity contribution < 1.29 is 9.53 Å². The summed E-state index contributed by atoms with van der Waals surface area (Å²) in [6.45, 7) is 9.91. The van der Waals surface area contributed by atoms with Crippen molar-refractivity contribution in [2.24, 2.45) is 0 Å². The van der Waals surface area contributed by atoms with Gasteiger partial charge in [0.25, 0.3) is 0 Å². The first-order valence-electron chi connectivity index (χ1n) is 9.39. The molecule has 1 saturated heterocycles. The van der Waals surface area contributed by atoms with Crippen molar-refractivity contribution in [3.8, 4) is 6.07 Å². The van der Waals surface area contributed by atoms with Crippen molar-refractivity contribution in [2.75, 3.05) is 45.9 Å². The Labute approximate surface area is 146 Å². The fraction of sp³-hybridized carbons (Fsp3) is 0.889. The Balaban J connectivity index is 1.79. The number of ether oxygens (including phenoxy) is 1. The van der Waals surface area contributed by atoms with Crippen LogP contribution < -0.4 is 5.32 Å². The number of rotatable bonds is 8. The van der Waals surface area contributed by atoms with E-state index in [0.717, 1.165) is 71.5 Å². The molecule has 0 aromatic carbocycles. The molecule has 0 radical (unpaired) electrons. The van der Waals surface area contributed by atoms with E-state index in [0.29, 0.717) is 12.6 Å². The smallest absolute Gasteiger partial charge is 0.235 e. The van der Waals surface area contributed by atoms with Crippen LogP contribution in [0.25, 0.3) is 0 Å². The van der Waals surface area contributed by atoms with Gasteiger partial charge in [-0.15, -0.1) is 0 Å². The van der Waals surface area contributed by atoms with Gasteiger partial charge in [-0.2, -0.15) is 5.26 Å². The Morgan fingerprint density at radius 3 is 2.71 bits per heavy atom. The van der Waals surface area contributed by atoms with E-state index in [1.54, 1.807) is 0 Å². The second-order valence-electron chi connectivity index (χ2n) is 6.98. The zero-order valence-corrected chi connectivity index (χ0v) is 15.2. The zero-order valence-electron chi connectivity index (χ0n) is 15.2. The predicted molar refractivity (Wildman–Crippen MR) is 93.5 cm³/mol. The van der Waals surface area contributed by atoms with E-state index < -0.39 is 5.54 Å². The number of hydrogen-bond acceptors (Lipinski definition) is 5. The molecular weight excluding hydrogens is 304 g/mol. The van der Waals surface area contributed by atoms with Crippen LogP contribution >= 0.6 is 0 Å². The van der Waals surface area contributed by atoms with E-state index in [9.17, 15) is 10.1 Å². The number of carbonyl (C=O) groups excluding carboxylic acids is 1. The summed E-state index contributed by atoms with van der Waals surface area (Å²) in [6, 6.07) is 2.80. The van der Waals surface area contributed by atoms with Crippen molar-refractivity contribution in [1.29, 1.82) is 5.26 Å². The molecule has 1 aliphatic carbocycles. The summed E-state index contributed by atoms with van der Waals surface area (Å²) in [7, 11) is 0. The molecule has 1 aliphatic heterocycles. The van der Waals surface area contributed by atoms with Gasteiger partial charge in [-0.25, -0.2) is 0 Å². The van der Waals surface area contributed by atoms with Gasteiger partial charge in [-0.3, -0.25) is 14.6 Å². The highest BCUT2D eigenvalue weighted by Crippen LogP contribution is 2.28. The summed E-state index contributed by atoms with van der Waals surface area (Å²) < 4.78 is 5.47. The molecule has 2 fully saturated rings. The van der Waals surface area contributed by atoms with E-state index in [-0.39, 0.29) is 5.91 Å². The van der Waals surface area contributed by atoms with Crippen LogP contribution in [0.4, 0.5) is 0 Å². The number of nitrogens with one attached hydrogen (secondary N) is 1. The molecule has 136 valence electrons. The van der Waals surface area contributed by atoms with Gasteiger partial charge < -0.3 is 10.1 Å². The topological polar surface area (TPSA) is 68.6 Å². The molecule has 1 heterocycles. The number of nitrogens with zero attached hydrogens (tertiary/aromatic N) is 3. The first-order valence-corrected chi connectivity index (χ1v) is 9.39. The van der Waals surface area contributed by atoms with Crippen molar-refractivity contribution in [2.45, 2.75) is 57.5 Å². The van der Waals surface area contributed by atoms with Crippen LogP contribution in [-0.4, -0.2) is 73.2 Å². The Morgan fingerprint density at radius 1 is 1.33 bits per heavy atom. The van der Waals surface area contributed by atoms with Crippen molar-refractivity contribution in [1.82, 2.24) is 15.1 Å². The summed E-state index contributed by atoms with van der Waals surface area (Å²) >= 11 is 0. The monoisotopic (exact) mass is 336 g/mol. The molecule has 0 aromatic rings. The molecule has 24 heavy (non-hydrogen) atoms. The Morgan fingerprint density at radius 2 is 2.08 bits per heavy atom. The SMILES string of the molecule is CCOCCN1CCN(CC(=O)NC2(C#N)CCCC2)C[C@@H]1CC. The highest BCUT2D eigenvalue weighted by atomic mass is 16.5.